The quantitative estimate of drug-likeness (QED) is 0.850. The molecule has 0 aliphatic rings. The van der Waals surface area contributed by atoms with E-state index < -0.39 is 15.8 Å². The molecular formula is C13H11FN2O2S2. The van der Waals surface area contributed by atoms with Gasteiger partial charge in [-0.05, 0) is 30.3 Å². The van der Waals surface area contributed by atoms with Crippen molar-refractivity contribution in [3.63, 3.8) is 0 Å². The first-order valence-corrected chi connectivity index (χ1v) is 7.46. The molecule has 0 heterocycles. The van der Waals surface area contributed by atoms with E-state index >= 15 is 0 Å². The van der Waals surface area contributed by atoms with Gasteiger partial charge in [0.25, 0.3) is 10.0 Å². The summed E-state index contributed by atoms with van der Waals surface area (Å²) in [5, 5.41) is 0. The summed E-state index contributed by atoms with van der Waals surface area (Å²) in [5.74, 6) is -0.526. The lowest BCUT2D eigenvalue weighted by molar-refractivity contribution is 0.601. The summed E-state index contributed by atoms with van der Waals surface area (Å²) in [4.78, 5) is 0.111. The molecule has 0 aliphatic carbocycles. The second-order valence-electron chi connectivity index (χ2n) is 4.01. The molecule has 0 radical (unpaired) electrons. The maximum absolute atomic E-state index is 13.0. The van der Waals surface area contributed by atoms with Crippen LogP contribution in [0.3, 0.4) is 0 Å². The van der Waals surface area contributed by atoms with Gasteiger partial charge in [0.05, 0.1) is 10.6 Å². The van der Waals surface area contributed by atoms with Gasteiger partial charge in [-0.15, -0.1) is 0 Å². The second kappa shape index (κ2) is 5.56. The summed E-state index contributed by atoms with van der Waals surface area (Å²) in [6.45, 7) is 0. The van der Waals surface area contributed by atoms with Crippen LogP contribution in [-0.2, 0) is 10.0 Å². The Kier molecular flexibility index (Phi) is 4.01. The number of halogens is 1. The molecule has 7 heteroatoms. The zero-order chi connectivity index (χ0) is 14.8. The third-order valence-corrected chi connectivity index (χ3v) is 4.12. The number of hydrogen-bond donors (Lipinski definition) is 2. The lowest BCUT2D eigenvalue weighted by atomic mass is 10.2. The van der Waals surface area contributed by atoms with Gasteiger partial charge in [0.1, 0.15) is 10.8 Å². The van der Waals surface area contributed by atoms with Crippen molar-refractivity contribution in [1.82, 2.24) is 0 Å². The Morgan fingerprint density at radius 2 is 1.85 bits per heavy atom. The highest BCUT2D eigenvalue weighted by molar-refractivity contribution is 7.92. The first-order chi connectivity index (χ1) is 9.38. The third-order valence-electron chi connectivity index (χ3n) is 2.51. The number of benzene rings is 2. The van der Waals surface area contributed by atoms with Crippen LogP contribution in [-0.4, -0.2) is 13.4 Å². The lowest BCUT2D eigenvalue weighted by Crippen LogP contribution is -2.15. The van der Waals surface area contributed by atoms with Crippen molar-refractivity contribution < 1.29 is 12.8 Å². The van der Waals surface area contributed by atoms with Crippen molar-refractivity contribution in [2.75, 3.05) is 4.72 Å². The van der Waals surface area contributed by atoms with Gasteiger partial charge in [0.2, 0.25) is 0 Å². The van der Waals surface area contributed by atoms with E-state index in [-0.39, 0.29) is 15.6 Å². The molecule has 0 unspecified atom stereocenters. The Labute approximate surface area is 121 Å². The predicted molar refractivity (Wildman–Crippen MR) is 79.5 cm³/mol. The van der Waals surface area contributed by atoms with Crippen LogP contribution in [0.15, 0.2) is 53.4 Å². The van der Waals surface area contributed by atoms with Crippen LogP contribution in [0, 0.1) is 5.82 Å². The van der Waals surface area contributed by atoms with E-state index in [1.807, 2.05) is 0 Å². The van der Waals surface area contributed by atoms with Crippen LogP contribution < -0.4 is 10.5 Å². The van der Waals surface area contributed by atoms with E-state index in [0.29, 0.717) is 5.56 Å². The van der Waals surface area contributed by atoms with Gasteiger partial charge >= 0.3 is 0 Å². The minimum absolute atomic E-state index is 0.00654. The van der Waals surface area contributed by atoms with Gasteiger partial charge in [-0.3, -0.25) is 4.72 Å². The normalized spacial score (nSPS) is 11.1. The zero-order valence-electron chi connectivity index (χ0n) is 10.2. The summed E-state index contributed by atoms with van der Waals surface area (Å²) in [6.07, 6.45) is 0. The van der Waals surface area contributed by atoms with Crippen LogP contribution >= 0.6 is 12.2 Å². The Morgan fingerprint density at radius 3 is 2.50 bits per heavy atom. The van der Waals surface area contributed by atoms with Gasteiger partial charge < -0.3 is 5.73 Å². The van der Waals surface area contributed by atoms with Crippen LogP contribution in [0.1, 0.15) is 5.56 Å². The average Bonchev–Trinajstić information content (AvgIpc) is 2.38. The highest BCUT2D eigenvalue weighted by Gasteiger charge is 2.15. The minimum atomic E-state index is -3.82. The molecule has 2 rings (SSSR count). The zero-order valence-corrected chi connectivity index (χ0v) is 11.8. The minimum Gasteiger partial charge on any atom is -0.389 e. The molecule has 0 bridgehead atoms. The Balaban J connectivity index is 2.35. The molecule has 0 saturated heterocycles. The maximum Gasteiger partial charge on any atom is 0.261 e. The van der Waals surface area contributed by atoms with Gasteiger partial charge in [-0.1, -0.05) is 30.4 Å². The smallest absolute Gasteiger partial charge is 0.261 e. The topological polar surface area (TPSA) is 72.2 Å². The molecule has 20 heavy (non-hydrogen) atoms. The van der Waals surface area contributed by atoms with E-state index in [1.54, 1.807) is 6.07 Å². The standard InChI is InChI=1S/C13H11FN2O2S2/c14-10-4-2-5-11(8-10)16-20(17,18)12-6-1-3-9(7-12)13(15)19/h1-8,16H,(H2,15,19). The number of thiocarbonyl (C=S) groups is 1. The highest BCUT2D eigenvalue weighted by atomic mass is 32.2. The molecule has 0 fully saturated rings. The SMILES string of the molecule is NC(=S)c1cccc(S(=O)(=O)Nc2cccc(F)c2)c1. The van der Waals surface area contributed by atoms with E-state index in [2.05, 4.69) is 4.72 Å². The molecule has 4 nitrogen and oxygen atoms in total. The average molecular weight is 310 g/mol. The van der Waals surface area contributed by atoms with Crippen molar-refractivity contribution in [3.05, 3.63) is 59.9 Å². The van der Waals surface area contributed by atoms with Crippen molar-refractivity contribution in [2.45, 2.75) is 4.90 Å². The van der Waals surface area contributed by atoms with Crippen molar-refractivity contribution >= 4 is 32.9 Å². The van der Waals surface area contributed by atoms with Gasteiger partial charge in [-0.25, -0.2) is 12.8 Å². The summed E-state index contributed by atoms with van der Waals surface area (Å²) in [7, 11) is -3.82. The fourth-order valence-corrected chi connectivity index (χ4v) is 2.80. The first-order valence-electron chi connectivity index (χ1n) is 5.57. The van der Waals surface area contributed by atoms with E-state index in [1.165, 1.54) is 36.4 Å². The molecule has 0 atom stereocenters. The number of nitrogens with one attached hydrogen (secondary N) is 1. The summed E-state index contributed by atoms with van der Waals surface area (Å²) in [6, 6.07) is 11.1. The number of rotatable bonds is 4. The van der Waals surface area contributed by atoms with Crippen LogP contribution in [0.5, 0.6) is 0 Å². The van der Waals surface area contributed by atoms with E-state index in [0.717, 1.165) is 6.07 Å². The third kappa shape index (κ3) is 3.31. The number of anilines is 1. The fraction of sp³-hybridized carbons (Fsp3) is 0. The van der Waals surface area contributed by atoms with E-state index in [4.69, 9.17) is 18.0 Å². The number of hydrogen-bond acceptors (Lipinski definition) is 3. The summed E-state index contributed by atoms with van der Waals surface area (Å²) < 4.78 is 39.7. The molecule has 0 spiro atoms. The Morgan fingerprint density at radius 1 is 1.15 bits per heavy atom. The van der Waals surface area contributed by atoms with Crippen LogP contribution in [0.2, 0.25) is 0 Å². The fourth-order valence-electron chi connectivity index (χ4n) is 1.58. The Hall–Kier alpha value is -1.99. The predicted octanol–water partition coefficient (Wildman–Crippen LogP) is 2.26. The maximum atomic E-state index is 13.0. The van der Waals surface area contributed by atoms with Crippen molar-refractivity contribution in [2.24, 2.45) is 5.73 Å². The monoisotopic (exact) mass is 310 g/mol. The molecule has 0 saturated carbocycles. The molecule has 0 amide bonds. The van der Waals surface area contributed by atoms with E-state index in [9.17, 15) is 12.8 Å². The summed E-state index contributed by atoms with van der Waals surface area (Å²) >= 11 is 4.80. The van der Waals surface area contributed by atoms with Gasteiger partial charge in [-0.2, -0.15) is 0 Å². The number of sulfonamides is 1. The molecule has 0 aromatic heterocycles. The van der Waals surface area contributed by atoms with Crippen LogP contribution in [0.25, 0.3) is 0 Å². The first kappa shape index (κ1) is 14.4. The summed E-state index contributed by atoms with van der Waals surface area (Å²) in [5.41, 5.74) is 6.06. The van der Waals surface area contributed by atoms with Crippen LogP contribution in [0.4, 0.5) is 10.1 Å². The largest absolute Gasteiger partial charge is 0.389 e. The molecule has 2 aromatic rings. The van der Waals surface area contributed by atoms with Gasteiger partial charge in [0.15, 0.2) is 0 Å². The molecule has 104 valence electrons. The number of nitrogens with two attached hydrogens (primary N) is 1. The highest BCUT2D eigenvalue weighted by Crippen LogP contribution is 2.17. The van der Waals surface area contributed by atoms with Crippen molar-refractivity contribution in [1.29, 1.82) is 0 Å². The molecular weight excluding hydrogens is 299 g/mol. The molecule has 2 aromatic carbocycles. The lowest BCUT2D eigenvalue weighted by Gasteiger charge is -2.09. The van der Waals surface area contributed by atoms with Crippen molar-refractivity contribution in [3.8, 4) is 0 Å². The Bertz CT molecular complexity index is 760. The second-order valence-corrected chi connectivity index (χ2v) is 6.13. The molecule has 0 aliphatic heterocycles. The van der Waals surface area contributed by atoms with Gasteiger partial charge in [0, 0.05) is 5.56 Å². The molecule has 3 N–H and O–H groups in total.